The average molecular weight is 440 g/mol. The SMILES string of the molecule is O=C(c1cccc(NS(=O)(=O)c2ccccc2)c1)N1CCN(c2ccc(F)cc2)CC1. The van der Waals surface area contributed by atoms with Gasteiger partial charge in [-0.2, -0.15) is 0 Å². The van der Waals surface area contributed by atoms with E-state index >= 15 is 0 Å². The number of nitrogens with zero attached hydrogens (tertiary/aromatic N) is 2. The largest absolute Gasteiger partial charge is 0.368 e. The molecule has 1 N–H and O–H groups in total. The molecule has 0 bridgehead atoms. The summed E-state index contributed by atoms with van der Waals surface area (Å²) in [4.78, 5) is 17.0. The van der Waals surface area contributed by atoms with Crippen molar-refractivity contribution in [3.8, 4) is 0 Å². The smallest absolute Gasteiger partial charge is 0.261 e. The lowest BCUT2D eigenvalue weighted by Crippen LogP contribution is -2.48. The lowest BCUT2D eigenvalue weighted by molar-refractivity contribution is 0.0747. The monoisotopic (exact) mass is 439 g/mol. The molecule has 1 aliphatic heterocycles. The minimum atomic E-state index is -3.73. The number of nitrogens with one attached hydrogen (secondary N) is 1. The number of halogens is 1. The maximum Gasteiger partial charge on any atom is 0.261 e. The molecular weight excluding hydrogens is 417 g/mol. The molecule has 6 nitrogen and oxygen atoms in total. The third-order valence-electron chi connectivity index (χ3n) is 5.17. The highest BCUT2D eigenvalue weighted by molar-refractivity contribution is 7.92. The molecule has 31 heavy (non-hydrogen) atoms. The summed E-state index contributed by atoms with van der Waals surface area (Å²) in [6, 6.07) is 20.9. The fraction of sp³-hybridized carbons (Fsp3) is 0.174. The first kappa shape index (κ1) is 20.9. The highest BCUT2D eigenvalue weighted by Gasteiger charge is 2.23. The predicted molar refractivity (Wildman–Crippen MR) is 118 cm³/mol. The molecule has 0 spiro atoms. The van der Waals surface area contributed by atoms with Crippen molar-refractivity contribution in [3.05, 3.63) is 90.2 Å². The molecule has 3 aromatic rings. The molecule has 0 aliphatic carbocycles. The van der Waals surface area contributed by atoms with Crippen LogP contribution in [-0.4, -0.2) is 45.4 Å². The Morgan fingerprint density at radius 3 is 2.19 bits per heavy atom. The number of amides is 1. The summed E-state index contributed by atoms with van der Waals surface area (Å²) in [5, 5.41) is 0. The lowest BCUT2D eigenvalue weighted by Gasteiger charge is -2.36. The Morgan fingerprint density at radius 2 is 1.52 bits per heavy atom. The van der Waals surface area contributed by atoms with Crippen LogP contribution < -0.4 is 9.62 Å². The zero-order chi connectivity index (χ0) is 21.8. The van der Waals surface area contributed by atoms with Gasteiger partial charge in [-0.3, -0.25) is 9.52 Å². The molecule has 1 fully saturated rings. The first-order chi connectivity index (χ1) is 14.9. The van der Waals surface area contributed by atoms with Gasteiger partial charge in [0.1, 0.15) is 5.82 Å². The van der Waals surface area contributed by atoms with Crippen molar-refractivity contribution >= 4 is 27.3 Å². The number of carbonyl (C=O) groups is 1. The third kappa shape index (κ3) is 4.86. The number of sulfonamides is 1. The summed E-state index contributed by atoms with van der Waals surface area (Å²) in [6.45, 7) is 2.32. The van der Waals surface area contributed by atoms with E-state index in [-0.39, 0.29) is 16.6 Å². The van der Waals surface area contributed by atoms with Gasteiger partial charge >= 0.3 is 0 Å². The Balaban J connectivity index is 1.42. The standard InChI is InChI=1S/C23H22FN3O3S/c24-19-9-11-21(12-10-19)26-13-15-27(16-14-26)23(28)18-5-4-6-20(17-18)25-31(29,30)22-7-2-1-3-8-22/h1-12,17,25H,13-16H2. The van der Waals surface area contributed by atoms with Gasteiger partial charge in [0.2, 0.25) is 0 Å². The van der Waals surface area contributed by atoms with E-state index in [4.69, 9.17) is 0 Å². The number of benzene rings is 3. The van der Waals surface area contributed by atoms with Gasteiger partial charge in [-0.1, -0.05) is 24.3 Å². The summed E-state index contributed by atoms with van der Waals surface area (Å²) < 4.78 is 40.7. The van der Waals surface area contributed by atoms with Crippen molar-refractivity contribution in [2.24, 2.45) is 0 Å². The van der Waals surface area contributed by atoms with Gasteiger partial charge < -0.3 is 9.80 Å². The zero-order valence-electron chi connectivity index (χ0n) is 16.7. The Morgan fingerprint density at radius 1 is 0.839 bits per heavy atom. The second-order valence-electron chi connectivity index (χ2n) is 7.26. The molecule has 0 atom stereocenters. The molecular formula is C23H22FN3O3S. The van der Waals surface area contributed by atoms with Gasteiger partial charge in [0.25, 0.3) is 15.9 Å². The maximum absolute atomic E-state index is 13.1. The van der Waals surface area contributed by atoms with Crippen LogP contribution in [0.25, 0.3) is 0 Å². The van der Waals surface area contributed by atoms with Crippen LogP contribution in [0.5, 0.6) is 0 Å². The van der Waals surface area contributed by atoms with Crippen molar-refractivity contribution in [3.63, 3.8) is 0 Å². The molecule has 3 aromatic carbocycles. The van der Waals surface area contributed by atoms with E-state index in [0.29, 0.717) is 37.4 Å². The molecule has 0 aromatic heterocycles. The number of hydrogen-bond donors (Lipinski definition) is 1. The van der Waals surface area contributed by atoms with Crippen molar-refractivity contribution in [1.82, 2.24) is 4.90 Å². The molecule has 4 rings (SSSR count). The Bertz CT molecular complexity index is 1160. The molecule has 1 saturated heterocycles. The van der Waals surface area contributed by atoms with Gasteiger partial charge in [-0.25, -0.2) is 12.8 Å². The van der Waals surface area contributed by atoms with Crippen LogP contribution in [0.1, 0.15) is 10.4 Å². The van der Waals surface area contributed by atoms with Gasteiger partial charge in [0.15, 0.2) is 0 Å². The fourth-order valence-electron chi connectivity index (χ4n) is 3.53. The number of rotatable bonds is 5. The maximum atomic E-state index is 13.1. The first-order valence-corrected chi connectivity index (χ1v) is 11.4. The van der Waals surface area contributed by atoms with Crippen molar-refractivity contribution in [1.29, 1.82) is 0 Å². The molecule has 160 valence electrons. The normalized spacial score (nSPS) is 14.4. The van der Waals surface area contributed by atoms with Gasteiger partial charge in [-0.05, 0) is 54.6 Å². The average Bonchev–Trinajstić information content (AvgIpc) is 2.80. The first-order valence-electron chi connectivity index (χ1n) is 9.90. The summed E-state index contributed by atoms with van der Waals surface area (Å²) in [5.74, 6) is -0.431. The number of hydrogen-bond acceptors (Lipinski definition) is 4. The molecule has 0 saturated carbocycles. The van der Waals surface area contributed by atoms with Crippen molar-refractivity contribution in [2.75, 3.05) is 35.8 Å². The quantitative estimate of drug-likeness (QED) is 0.660. The topological polar surface area (TPSA) is 69.7 Å². The van der Waals surface area contributed by atoms with Gasteiger partial charge in [0, 0.05) is 43.1 Å². The molecule has 0 unspecified atom stereocenters. The lowest BCUT2D eigenvalue weighted by atomic mass is 10.1. The van der Waals surface area contributed by atoms with E-state index in [1.165, 1.54) is 24.3 Å². The van der Waals surface area contributed by atoms with Crippen LogP contribution in [0.3, 0.4) is 0 Å². The van der Waals surface area contributed by atoms with E-state index in [0.717, 1.165) is 5.69 Å². The van der Waals surface area contributed by atoms with Crippen LogP contribution in [0.2, 0.25) is 0 Å². The van der Waals surface area contributed by atoms with Crippen molar-refractivity contribution in [2.45, 2.75) is 4.90 Å². The van der Waals surface area contributed by atoms with Crippen LogP contribution >= 0.6 is 0 Å². The summed E-state index contributed by atoms with van der Waals surface area (Å²) in [5.41, 5.74) is 1.67. The van der Waals surface area contributed by atoms with Crippen molar-refractivity contribution < 1.29 is 17.6 Å². The number of anilines is 2. The molecule has 1 amide bonds. The Kier molecular flexibility index (Phi) is 5.90. The molecule has 1 aliphatic rings. The molecule has 0 radical (unpaired) electrons. The fourth-order valence-corrected chi connectivity index (χ4v) is 4.60. The summed E-state index contributed by atoms with van der Waals surface area (Å²) >= 11 is 0. The second kappa shape index (κ2) is 8.77. The van der Waals surface area contributed by atoms with Crippen LogP contribution in [-0.2, 0) is 10.0 Å². The van der Waals surface area contributed by atoms with Gasteiger partial charge in [-0.15, -0.1) is 0 Å². The second-order valence-corrected chi connectivity index (χ2v) is 8.94. The Hall–Kier alpha value is -3.39. The highest BCUT2D eigenvalue weighted by atomic mass is 32.2. The summed E-state index contributed by atoms with van der Waals surface area (Å²) in [7, 11) is -3.73. The van der Waals surface area contributed by atoms with E-state index in [2.05, 4.69) is 9.62 Å². The van der Waals surface area contributed by atoms with E-state index in [1.807, 2.05) is 0 Å². The van der Waals surface area contributed by atoms with Crippen LogP contribution in [0.4, 0.5) is 15.8 Å². The highest BCUT2D eigenvalue weighted by Crippen LogP contribution is 2.20. The summed E-state index contributed by atoms with van der Waals surface area (Å²) in [6.07, 6.45) is 0. The van der Waals surface area contributed by atoms with E-state index in [1.54, 1.807) is 59.5 Å². The zero-order valence-corrected chi connectivity index (χ0v) is 17.6. The van der Waals surface area contributed by atoms with E-state index < -0.39 is 10.0 Å². The van der Waals surface area contributed by atoms with Crippen LogP contribution in [0, 0.1) is 5.82 Å². The molecule has 8 heteroatoms. The Labute approximate surface area is 181 Å². The molecule has 1 heterocycles. The number of piperazine rings is 1. The van der Waals surface area contributed by atoms with E-state index in [9.17, 15) is 17.6 Å². The van der Waals surface area contributed by atoms with Gasteiger partial charge in [0.05, 0.1) is 4.90 Å². The predicted octanol–water partition coefficient (Wildman–Crippen LogP) is 3.59. The minimum Gasteiger partial charge on any atom is -0.368 e. The van der Waals surface area contributed by atoms with Crippen LogP contribution in [0.15, 0.2) is 83.8 Å². The minimum absolute atomic E-state index is 0.153. The third-order valence-corrected chi connectivity index (χ3v) is 6.57. The number of carbonyl (C=O) groups excluding carboxylic acids is 1.